The van der Waals surface area contributed by atoms with Crippen molar-refractivity contribution in [1.82, 2.24) is 5.32 Å². The first-order valence-corrected chi connectivity index (χ1v) is 6.19. The minimum absolute atomic E-state index is 0.182. The molecule has 88 valence electrons. The van der Waals surface area contributed by atoms with Crippen molar-refractivity contribution >= 4 is 0 Å². The summed E-state index contributed by atoms with van der Waals surface area (Å²) in [4.78, 5) is 0. The lowest BCUT2D eigenvalue weighted by Gasteiger charge is -2.42. The standard InChI is InChI=1S/C13H26N2/c1-4-8-15-13(10-14)7-5-6-12(9-13)11(2)3/h4,11-12,15H,1,5-10,14H2,2-3H3. The molecule has 1 aliphatic rings. The average molecular weight is 210 g/mol. The second kappa shape index (κ2) is 5.66. The van der Waals surface area contributed by atoms with E-state index in [9.17, 15) is 0 Å². The summed E-state index contributed by atoms with van der Waals surface area (Å²) in [6.45, 7) is 10.0. The van der Waals surface area contributed by atoms with Crippen LogP contribution < -0.4 is 11.1 Å². The lowest BCUT2D eigenvalue weighted by atomic mass is 9.71. The predicted molar refractivity (Wildman–Crippen MR) is 66.8 cm³/mol. The summed E-state index contributed by atoms with van der Waals surface area (Å²) in [6, 6.07) is 0. The van der Waals surface area contributed by atoms with Crippen LogP contribution in [0.15, 0.2) is 12.7 Å². The highest BCUT2D eigenvalue weighted by Gasteiger charge is 2.35. The van der Waals surface area contributed by atoms with Crippen LogP contribution in [0, 0.1) is 11.8 Å². The lowest BCUT2D eigenvalue weighted by Crippen LogP contribution is -2.54. The van der Waals surface area contributed by atoms with Gasteiger partial charge in [-0.3, -0.25) is 0 Å². The second-order valence-electron chi connectivity index (χ2n) is 5.25. The third-order valence-electron chi connectivity index (χ3n) is 3.84. The fourth-order valence-electron chi connectivity index (χ4n) is 2.68. The Kier molecular flexibility index (Phi) is 4.81. The molecule has 2 nitrogen and oxygen atoms in total. The number of hydrogen-bond donors (Lipinski definition) is 2. The van der Waals surface area contributed by atoms with E-state index in [2.05, 4.69) is 25.7 Å². The van der Waals surface area contributed by atoms with Crippen LogP contribution in [0.5, 0.6) is 0 Å². The minimum atomic E-state index is 0.182. The lowest BCUT2D eigenvalue weighted by molar-refractivity contribution is 0.157. The summed E-state index contributed by atoms with van der Waals surface area (Å²) in [5.74, 6) is 1.61. The molecular weight excluding hydrogens is 184 g/mol. The van der Waals surface area contributed by atoms with Gasteiger partial charge in [-0.1, -0.05) is 32.8 Å². The largest absolute Gasteiger partial charge is 0.329 e. The van der Waals surface area contributed by atoms with Crippen LogP contribution in [0.4, 0.5) is 0 Å². The van der Waals surface area contributed by atoms with E-state index in [1.54, 1.807) is 0 Å². The van der Waals surface area contributed by atoms with Gasteiger partial charge in [-0.15, -0.1) is 6.58 Å². The van der Waals surface area contributed by atoms with Crippen molar-refractivity contribution < 1.29 is 0 Å². The summed E-state index contributed by atoms with van der Waals surface area (Å²) in [5, 5.41) is 3.58. The van der Waals surface area contributed by atoms with Crippen LogP contribution in [-0.2, 0) is 0 Å². The van der Waals surface area contributed by atoms with Crippen molar-refractivity contribution in [3.63, 3.8) is 0 Å². The zero-order chi connectivity index (χ0) is 11.3. The summed E-state index contributed by atoms with van der Waals surface area (Å²) in [5.41, 5.74) is 6.13. The van der Waals surface area contributed by atoms with Gasteiger partial charge in [0.05, 0.1) is 0 Å². The third kappa shape index (κ3) is 3.32. The van der Waals surface area contributed by atoms with Gasteiger partial charge in [-0.05, 0) is 24.7 Å². The maximum Gasteiger partial charge on any atom is 0.0309 e. The van der Waals surface area contributed by atoms with Crippen molar-refractivity contribution in [2.45, 2.75) is 45.1 Å². The summed E-state index contributed by atoms with van der Waals surface area (Å²) in [7, 11) is 0. The molecule has 1 aliphatic carbocycles. The van der Waals surface area contributed by atoms with Crippen molar-refractivity contribution in [3.8, 4) is 0 Å². The zero-order valence-electron chi connectivity index (χ0n) is 10.3. The van der Waals surface area contributed by atoms with E-state index in [1.165, 1.54) is 25.7 Å². The van der Waals surface area contributed by atoms with Gasteiger partial charge in [0.1, 0.15) is 0 Å². The molecule has 0 spiro atoms. The average Bonchev–Trinajstić information content (AvgIpc) is 2.26. The van der Waals surface area contributed by atoms with Gasteiger partial charge in [0.25, 0.3) is 0 Å². The molecule has 0 aromatic carbocycles. The normalized spacial score (nSPS) is 31.9. The van der Waals surface area contributed by atoms with Gasteiger partial charge < -0.3 is 11.1 Å². The van der Waals surface area contributed by atoms with Crippen LogP contribution in [0.3, 0.4) is 0 Å². The maximum absolute atomic E-state index is 5.94. The van der Waals surface area contributed by atoms with E-state index < -0.39 is 0 Å². The van der Waals surface area contributed by atoms with Gasteiger partial charge in [0, 0.05) is 18.6 Å². The number of hydrogen-bond acceptors (Lipinski definition) is 2. The highest BCUT2D eigenvalue weighted by atomic mass is 15.0. The zero-order valence-corrected chi connectivity index (χ0v) is 10.3. The Morgan fingerprint density at radius 2 is 2.33 bits per heavy atom. The Hall–Kier alpha value is -0.340. The summed E-state index contributed by atoms with van der Waals surface area (Å²) < 4.78 is 0. The number of rotatable bonds is 5. The van der Waals surface area contributed by atoms with Crippen LogP contribution >= 0.6 is 0 Å². The molecule has 15 heavy (non-hydrogen) atoms. The Balaban J connectivity index is 2.59. The van der Waals surface area contributed by atoms with Crippen LogP contribution in [0.1, 0.15) is 39.5 Å². The van der Waals surface area contributed by atoms with E-state index in [4.69, 9.17) is 5.73 Å². The van der Waals surface area contributed by atoms with Crippen LogP contribution in [0.25, 0.3) is 0 Å². The molecule has 3 N–H and O–H groups in total. The first-order chi connectivity index (χ1) is 7.13. The fourth-order valence-corrected chi connectivity index (χ4v) is 2.68. The SMILES string of the molecule is C=CCNC1(CN)CCCC(C(C)C)C1. The van der Waals surface area contributed by atoms with Crippen molar-refractivity contribution in [1.29, 1.82) is 0 Å². The molecule has 0 aliphatic heterocycles. The van der Waals surface area contributed by atoms with Crippen molar-refractivity contribution in [2.24, 2.45) is 17.6 Å². The highest BCUT2D eigenvalue weighted by Crippen LogP contribution is 2.35. The molecule has 2 heteroatoms. The fraction of sp³-hybridized carbons (Fsp3) is 0.846. The van der Waals surface area contributed by atoms with Crippen LogP contribution in [-0.4, -0.2) is 18.6 Å². The topological polar surface area (TPSA) is 38.0 Å². The smallest absolute Gasteiger partial charge is 0.0309 e. The monoisotopic (exact) mass is 210 g/mol. The van der Waals surface area contributed by atoms with Crippen molar-refractivity contribution in [2.75, 3.05) is 13.1 Å². The molecule has 0 saturated heterocycles. The molecule has 0 heterocycles. The molecule has 2 unspecified atom stereocenters. The van der Waals surface area contributed by atoms with Crippen LogP contribution in [0.2, 0.25) is 0 Å². The molecule has 0 amide bonds. The molecule has 2 atom stereocenters. The Labute approximate surface area is 94.3 Å². The van der Waals surface area contributed by atoms with Gasteiger partial charge in [0.2, 0.25) is 0 Å². The van der Waals surface area contributed by atoms with E-state index in [0.717, 1.165) is 24.9 Å². The molecule has 1 saturated carbocycles. The number of nitrogens with two attached hydrogens (primary N) is 1. The predicted octanol–water partition coefficient (Wildman–Crippen LogP) is 2.31. The van der Waals surface area contributed by atoms with Gasteiger partial charge >= 0.3 is 0 Å². The van der Waals surface area contributed by atoms with E-state index >= 15 is 0 Å². The molecule has 0 aromatic heterocycles. The Bertz CT molecular complexity index is 201. The first kappa shape index (κ1) is 12.7. The summed E-state index contributed by atoms with van der Waals surface area (Å²) >= 11 is 0. The quantitative estimate of drug-likeness (QED) is 0.683. The second-order valence-corrected chi connectivity index (χ2v) is 5.25. The first-order valence-electron chi connectivity index (χ1n) is 6.19. The molecule has 0 radical (unpaired) electrons. The summed E-state index contributed by atoms with van der Waals surface area (Å²) in [6.07, 6.45) is 7.06. The Morgan fingerprint density at radius 1 is 1.60 bits per heavy atom. The van der Waals surface area contributed by atoms with Gasteiger partial charge in [-0.2, -0.15) is 0 Å². The molecule has 0 aromatic rings. The van der Waals surface area contributed by atoms with Gasteiger partial charge in [-0.25, -0.2) is 0 Å². The van der Waals surface area contributed by atoms with E-state index in [-0.39, 0.29) is 5.54 Å². The Morgan fingerprint density at radius 3 is 2.87 bits per heavy atom. The van der Waals surface area contributed by atoms with E-state index in [0.29, 0.717) is 0 Å². The number of nitrogens with one attached hydrogen (secondary N) is 1. The maximum atomic E-state index is 5.94. The highest BCUT2D eigenvalue weighted by molar-refractivity contribution is 4.96. The third-order valence-corrected chi connectivity index (χ3v) is 3.84. The minimum Gasteiger partial charge on any atom is -0.329 e. The molecule has 0 bridgehead atoms. The molecule has 1 fully saturated rings. The van der Waals surface area contributed by atoms with Gasteiger partial charge in [0.15, 0.2) is 0 Å². The molecule has 1 rings (SSSR count). The molecular formula is C13H26N2. The van der Waals surface area contributed by atoms with E-state index in [1.807, 2.05) is 6.08 Å². The van der Waals surface area contributed by atoms with Crippen molar-refractivity contribution in [3.05, 3.63) is 12.7 Å².